The standard InChI is InChI=1S/C16H18Cl2N2O/c1-10(2)19-8-12-7-15(18)16(20-9-12)21-13-4-5-14(17)11(3)6-13/h4-7,9-10,19H,8H2,1-3H3. The Bertz CT molecular complexity index is 630. The van der Waals surface area contributed by atoms with Crippen molar-refractivity contribution in [3.05, 3.63) is 51.6 Å². The number of rotatable bonds is 5. The average Bonchev–Trinajstić information content (AvgIpc) is 2.43. The Morgan fingerprint density at radius 2 is 1.95 bits per heavy atom. The molecule has 0 aliphatic rings. The SMILES string of the molecule is Cc1cc(Oc2ncc(CNC(C)C)cc2Cl)ccc1Cl. The lowest BCUT2D eigenvalue weighted by molar-refractivity contribution is 0.462. The van der Waals surface area contributed by atoms with Crippen LogP contribution in [0.4, 0.5) is 0 Å². The third-order valence-corrected chi connectivity index (χ3v) is 3.62. The van der Waals surface area contributed by atoms with Crippen LogP contribution < -0.4 is 10.1 Å². The molecule has 2 rings (SSSR count). The number of aromatic nitrogens is 1. The van der Waals surface area contributed by atoms with Crippen molar-refractivity contribution in [3.8, 4) is 11.6 Å². The summed E-state index contributed by atoms with van der Waals surface area (Å²) in [6, 6.07) is 7.72. The van der Waals surface area contributed by atoms with Gasteiger partial charge in [-0.2, -0.15) is 0 Å². The molecule has 0 amide bonds. The Morgan fingerprint density at radius 1 is 1.19 bits per heavy atom. The second kappa shape index (κ2) is 7.12. The molecule has 0 bridgehead atoms. The zero-order valence-corrected chi connectivity index (χ0v) is 13.8. The van der Waals surface area contributed by atoms with Crippen LogP contribution in [0.5, 0.6) is 11.6 Å². The first-order valence-corrected chi connectivity index (χ1v) is 7.53. The molecule has 3 nitrogen and oxygen atoms in total. The zero-order chi connectivity index (χ0) is 15.4. The predicted molar refractivity (Wildman–Crippen MR) is 87.5 cm³/mol. The summed E-state index contributed by atoms with van der Waals surface area (Å²) in [7, 11) is 0. The van der Waals surface area contributed by atoms with E-state index in [2.05, 4.69) is 24.1 Å². The molecule has 1 aromatic heterocycles. The number of ether oxygens (including phenoxy) is 1. The lowest BCUT2D eigenvalue weighted by atomic mass is 10.2. The first-order chi connectivity index (χ1) is 9.95. The molecule has 0 saturated heterocycles. The van der Waals surface area contributed by atoms with Crippen LogP contribution in [0.25, 0.3) is 0 Å². The van der Waals surface area contributed by atoms with Crippen LogP contribution in [0, 0.1) is 6.92 Å². The van der Waals surface area contributed by atoms with Gasteiger partial charge in [-0.05, 0) is 42.3 Å². The summed E-state index contributed by atoms with van der Waals surface area (Å²) in [5, 5.41) is 4.51. The van der Waals surface area contributed by atoms with Crippen molar-refractivity contribution >= 4 is 23.2 Å². The molecule has 0 spiro atoms. The maximum absolute atomic E-state index is 6.22. The Kier molecular flexibility index (Phi) is 5.45. The van der Waals surface area contributed by atoms with Crippen molar-refractivity contribution in [3.63, 3.8) is 0 Å². The van der Waals surface area contributed by atoms with E-state index in [1.807, 2.05) is 19.1 Å². The van der Waals surface area contributed by atoms with E-state index in [4.69, 9.17) is 27.9 Å². The van der Waals surface area contributed by atoms with Crippen LogP contribution in [0.2, 0.25) is 10.0 Å². The Morgan fingerprint density at radius 3 is 2.57 bits per heavy atom. The largest absolute Gasteiger partial charge is 0.438 e. The first-order valence-electron chi connectivity index (χ1n) is 6.77. The Labute approximate surface area is 135 Å². The molecule has 0 saturated carbocycles. The van der Waals surface area contributed by atoms with Gasteiger partial charge >= 0.3 is 0 Å². The van der Waals surface area contributed by atoms with Crippen molar-refractivity contribution < 1.29 is 4.74 Å². The van der Waals surface area contributed by atoms with E-state index in [9.17, 15) is 0 Å². The van der Waals surface area contributed by atoms with Crippen molar-refractivity contribution in [1.82, 2.24) is 10.3 Å². The Hall–Kier alpha value is -1.29. The molecule has 0 unspecified atom stereocenters. The van der Waals surface area contributed by atoms with Gasteiger partial charge in [0.05, 0.1) is 0 Å². The number of nitrogens with zero attached hydrogens (tertiary/aromatic N) is 1. The molecular weight excluding hydrogens is 307 g/mol. The van der Waals surface area contributed by atoms with Gasteiger partial charge in [-0.25, -0.2) is 4.98 Å². The van der Waals surface area contributed by atoms with Gasteiger partial charge in [-0.3, -0.25) is 0 Å². The predicted octanol–water partition coefficient (Wildman–Crippen LogP) is 4.99. The summed E-state index contributed by atoms with van der Waals surface area (Å²) in [5.74, 6) is 1.06. The maximum atomic E-state index is 6.22. The third-order valence-electron chi connectivity index (χ3n) is 2.92. The van der Waals surface area contributed by atoms with Crippen molar-refractivity contribution in [2.24, 2.45) is 0 Å². The molecule has 0 aliphatic carbocycles. The number of hydrogen-bond acceptors (Lipinski definition) is 3. The minimum absolute atomic E-state index is 0.395. The summed E-state index contributed by atoms with van der Waals surface area (Å²) in [6.07, 6.45) is 1.76. The van der Waals surface area contributed by atoms with E-state index in [1.54, 1.807) is 18.3 Å². The van der Waals surface area contributed by atoms with Gasteiger partial charge in [0.1, 0.15) is 10.8 Å². The van der Waals surface area contributed by atoms with Gasteiger partial charge < -0.3 is 10.1 Å². The lowest BCUT2D eigenvalue weighted by Crippen LogP contribution is -2.21. The van der Waals surface area contributed by atoms with Crippen LogP contribution in [0.15, 0.2) is 30.5 Å². The molecule has 0 fully saturated rings. The number of nitrogens with one attached hydrogen (secondary N) is 1. The number of hydrogen-bond donors (Lipinski definition) is 1. The van der Waals surface area contributed by atoms with Crippen LogP contribution in [0.3, 0.4) is 0 Å². The highest BCUT2D eigenvalue weighted by Crippen LogP contribution is 2.29. The zero-order valence-electron chi connectivity index (χ0n) is 12.3. The summed E-state index contributed by atoms with van der Waals surface area (Å²) in [5.41, 5.74) is 1.97. The summed E-state index contributed by atoms with van der Waals surface area (Å²) < 4.78 is 5.70. The van der Waals surface area contributed by atoms with Crippen LogP contribution in [-0.2, 0) is 6.54 Å². The van der Waals surface area contributed by atoms with Crippen molar-refractivity contribution in [2.45, 2.75) is 33.4 Å². The Balaban J connectivity index is 2.11. The normalized spacial score (nSPS) is 11.0. The molecule has 1 aromatic carbocycles. The quantitative estimate of drug-likeness (QED) is 0.841. The fourth-order valence-corrected chi connectivity index (χ4v) is 2.10. The van der Waals surface area contributed by atoms with Crippen molar-refractivity contribution in [1.29, 1.82) is 0 Å². The van der Waals surface area contributed by atoms with Gasteiger partial charge in [-0.1, -0.05) is 37.0 Å². The summed E-state index contributed by atoms with van der Waals surface area (Å²) in [6.45, 7) is 6.83. The molecule has 0 aliphatic heterocycles. The fraction of sp³-hybridized carbons (Fsp3) is 0.312. The third kappa shape index (κ3) is 4.60. The summed E-state index contributed by atoms with van der Waals surface area (Å²) >= 11 is 12.2. The van der Waals surface area contributed by atoms with Crippen molar-refractivity contribution in [2.75, 3.05) is 0 Å². The van der Waals surface area contributed by atoms with Crippen LogP contribution >= 0.6 is 23.2 Å². The molecule has 5 heteroatoms. The van der Waals surface area contributed by atoms with E-state index >= 15 is 0 Å². The molecule has 0 radical (unpaired) electrons. The highest BCUT2D eigenvalue weighted by atomic mass is 35.5. The van der Waals surface area contributed by atoms with E-state index in [0.29, 0.717) is 27.7 Å². The first kappa shape index (κ1) is 16.1. The van der Waals surface area contributed by atoms with E-state index in [1.165, 1.54) is 0 Å². The van der Waals surface area contributed by atoms with Gasteiger partial charge in [0.2, 0.25) is 5.88 Å². The molecule has 0 atom stereocenters. The number of benzene rings is 1. The molecule has 112 valence electrons. The molecule has 21 heavy (non-hydrogen) atoms. The maximum Gasteiger partial charge on any atom is 0.238 e. The van der Waals surface area contributed by atoms with E-state index in [-0.39, 0.29) is 0 Å². The van der Waals surface area contributed by atoms with Gasteiger partial charge in [0.15, 0.2) is 0 Å². The lowest BCUT2D eigenvalue weighted by Gasteiger charge is -2.11. The smallest absolute Gasteiger partial charge is 0.238 e. The molecule has 2 aromatic rings. The highest BCUT2D eigenvalue weighted by Gasteiger charge is 2.08. The van der Waals surface area contributed by atoms with Gasteiger partial charge in [0, 0.05) is 23.8 Å². The minimum atomic E-state index is 0.395. The van der Waals surface area contributed by atoms with E-state index < -0.39 is 0 Å². The summed E-state index contributed by atoms with van der Waals surface area (Å²) in [4.78, 5) is 4.28. The molecule has 1 heterocycles. The highest BCUT2D eigenvalue weighted by molar-refractivity contribution is 6.32. The monoisotopic (exact) mass is 324 g/mol. The topological polar surface area (TPSA) is 34.1 Å². The number of aryl methyl sites for hydroxylation is 1. The number of halogens is 2. The second-order valence-electron chi connectivity index (χ2n) is 5.18. The van der Waals surface area contributed by atoms with Gasteiger partial charge in [0.25, 0.3) is 0 Å². The average molecular weight is 325 g/mol. The molecular formula is C16H18Cl2N2O. The number of pyridine rings is 1. The van der Waals surface area contributed by atoms with E-state index in [0.717, 1.165) is 17.7 Å². The van der Waals surface area contributed by atoms with Gasteiger partial charge in [-0.15, -0.1) is 0 Å². The van der Waals surface area contributed by atoms with Crippen LogP contribution in [0.1, 0.15) is 25.0 Å². The fourth-order valence-electron chi connectivity index (χ4n) is 1.75. The molecule has 1 N–H and O–H groups in total. The minimum Gasteiger partial charge on any atom is -0.438 e. The second-order valence-corrected chi connectivity index (χ2v) is 5.99. The van der Waals surface area contributed by atoms with Crippen LogP contribution in [-0.4, -0.2) is 11.0 Å².